The Hall–Kier alpha value is -3.29. The molecule has 1 aromatic carbocycles. The smallest absolute Gasteiger partial charge is 0.354 e. The number of nitrogens with two attached hydrogens (primary N) is 1. The molecule has 4 N–H and O–H groups in total. The lowest BCUT2D eigenvalue weighted by Crippen LogP contribution is -2.09. The first-order chi connectivity index (χ1) is 11.1. The van der Waals surface area contributed by atoms with E-state index in [0.29, 0.717) is 17.9 Å². The second-order valence-electron chi connectivity index (χ2n) is 4.84. The normalized spacial score (nSPS) is 10.7. The number of nitrogen functional groups attached to an aromatic ring is 1. The van der Waals surface area contributed by atoms with Crippen LogP contribution >= 0.6 is 0 Å². The van der Waals surface area contributed by atoms with Gasteiger partial charge < -0.3 is 20.9 Å². The van der Waals surface area contributed by atoms with Crippen molar-refractivity contribution in [2.75, 3.05) is 18.2 Å². The second-order valence-corrected chi connectivity index (χ2v) is 4.84. The van der Waals surface area contributed by atoms with Gasteiger partial charge in [0, 0.05) is 6.54 Å². The van der Waals surface area contributed by atoms with Crippen LogP contribution < -0.4 is 15.8 Å². The van der Waals surface area contributed by atoms with Crippen molar-refractivity contribution in [3.63, 3.8) is 0 Å². The Bertz CT molecular complexity index is 857. The molecule has 0 aliphatic carbocycles. The van der Waals surface area contributed by atoms with E-state index in [4.69, 9.17) is 10.5 Å². The van der Waals surface area contributed by atoms with Crippen LogP contribution in [0.25, 0.3) is 5.65 Å². The number of carbonyl (C=O) groups is 1. The van der Waals surface area contributed by atoms with E-state index in [1.54, 1.807) is 13.2 Å². The van der Waals surface area contributed by atoms with Gasteiger partial charge in [0.25, 0.3) is 0 Å². The molecule has 8 nitrogen and oxygen atoms in total. The molecular formula is C15H15N5O3. The number of methoxy groups -OCH3 is 1. The fourth-order valence-electron chi connectivity index (χ4n) is 2.22. The first kappa shape index (κ1) is 14.6. The fourth-order valence-corrected chi connectivity index (χ4v) is 2.22. The molecule has 0 aliphatic rings. The topological polar surface area (TPSA) is 115 Å². The molecule has 8 heteroatoms. The summed E-state index contributed by atoms with van der Waals surface area (Å²) in [4.78, 5) is 15.3. The maximum Gasteiger partial charge on any atom is 0.354 e. The third-order valence-corrected chi connectivity index (χ3v) is 3.36. The molecule has 0 radical (unpaired) electrons. The van der Waals surface area contributed by atoms with Gasteiger partial charge in [-0.1, -0.05) is 12.1 Å². The monoisotopic (exact) mass is 313 g/mol. The number of aromatic carboxylic acids is 1. The van der Waals surface area contributed by atoms with Gasteiger partial charge >= 0.3 is 5.97 Å². The van der Waals surface area contributed by atoms with Gasteiger partial charge in [0.15, 0.2) is 11.3 Å². The number of aromatic nitrogens is 3. The predicted molar refractivity (Wildman–Crippen MR) is 84.7 cm³/mol. The molecule has 0 saturated heterocycles. The molecule has 2 heterocycles. The van der Waals surface area contributed by atoms with Crippen LogP contribution in [0, 0.1) is 0 Å². The zero-order valence-corrected chi connectivity index (χ0v) is 12.4. The number of nitrogens with zero attached hydrogens (tertiary/aromatic N) is 3. The van der Waals surface area contributed by atoms with Crippen molar-refractivity contribution in [3.05, 3.63) is 47.7 Å². The Morgan fingerprint density at radius 2 is 2.04 bits per heavy atom. The lowest BCUT2D eigenvalue weighted by Gasteiger charge is -2.09. The number of carboxylic acid groups (broad SMARTS) is 1. The number of benzene rings is 1. The summed E-state index contributed by atoms with van der Waals surface area (Å²) in [5.74, 6) is -0.292. The Labute approximate surface area is 131 Å². The molecule has 0 amide bonds. The van der Waals surface area contributed by atoms with Gasteiger partial charge in [0.2, 0.25) is 5.95 Å². The van der Waals surface area contributed by atoms with Gasteiger partial charge in [-0.25, -0.2) is 9.31 Å². The van der Waals surface area contributed by atoms with Crippen LogP contribution in [-0.4, -0.2) is 32.8 Å². The average Bonchev–Trinajstić information content (AvgIpc) is 2.94. The molecule has 23 heavy (non-hydrogen) atoms. The summed E-state index contributed by atoms with van der Waals surface area (Å²) in [7, 11) is 1.61. The number of hydrogen-bond acceptors (Lipinski definition) is 6. The molecule has 3 rings (SSSR count). The Balaban J connectivity index is 1.88. The minimum absolute atomic E-state index is 0.000743. The average molecular weight is 313 g/mol. The summed E-state index contributed by atoms with van der Waals surface area (Å²) in [5, 5.41) is 16.3. The molecule has 2 aromatic heterocycles. The van der Waals surface area contributed by atoms with Crippen molar-refractivity contribution < 1.29 is 14.6 Å². The zero-order chi connectivity index (χ0) is 16.4. The summed E-state index contributed by atoms with van der Waals surface area (Å²) in [6.07, 6.45) is 0. The van der Waals surface area contributed by atoms with E-state index in [1.165, 1.54) is 10.6 Å². The SMILES string of the molecule is COc1ccc(CNc2ccc(C(=O)O)n3nc(N)nc23)cc1. The Kier molecular flexibility index (Phi) is 3.71. The van der Waals surface area contributed by atoms with E-state index in [9.17, 15) is 9.90 Å². The van der Waals surface area contributed by atoms with Crippen LogP contribution in [0.5, 0.6) is 5.75 Å². The van der Waals surface area contributed by atoms with Crippen LogP contribution in [0.1, 0.15) is 16.1 Å². The van der Waals surface area contributed by atoms with Gasteiger partial charge in [-0.3, -0.25) is 0 Å². The number of nitrogens with one attached hydrogen (secondary N) is 1. The minimum atomic E-state index is -1.10. The van der Waals surface area contributed by atoms with Crippen LogP contribution in [-0.2, 0) is 6.54 Å². The number of hydrogen-bond donors (Lipinski definition) is 3. The standard InChI is InChI=1S/C15H15N5O3/c1-23-10-4-2-9(3-5-10)8-17-11-6-7-12(14(21)22)20-13(11)18-15(16)19-20/h2-7,17H,8H2,1H3,(H2,16,19)(H,21,22). The van der Waals surface area contributed by atoms with E-state index < -0.39 is 5.97 Å². The van der Waals surface area contributed by atoms with Gasteiger partial charge in [-0.2, -0.15) is 4.98 Å². The summed E-state index contributed by atoms with van der Waals surface area (Å²) in [5.41, 5.74) is 7.65. The maximum atomic E-state index is 11.2. The van der Waals surface area contributed by atoms with E-state index in [-0.39, 0.29) is 11.6 Å². The lowest BCUT2D eigenvalue weighted by atomic mass is 10.2. The Morgan fingerprint density at radius 3 is 2.70 bits per heavy atom. The highest BCUT2D eigenvalue weighted by atomic mass is 16.5. The zero-order valence-electron chi connectivity index (χ0n) is 12.4. The molecule has 0 bridgehead atoms. The molecule has 3 aromatic rings. The quantitative estimate of drug-likeness (QED) is 0.655. The molecule has 0 fully saturated rings. The van der Waals surface area contributed by atoms with Crippen molar-refractivity contribution in [1.82, 2.24) is 14.6 Å². The number of pyridine rings is 1. The summed E-state index contributed by atoms with van der Waals surface area (Å²) >= 11 is 0. The molecule has 0 spiro atoms. The van der Waals surface area contributed by atoms with Crippen molar-refractivity contribution in [2.24, 2.45) is 0 Å². The molecule has 0 saturated carbocycles. The third kappa shape index (κ3) is 2.86. The van der Waals surface area contributed by atoms with E-state index in [0.717, 1.165) is 11.3 Å². The highest BCUT2D eigenvalue weighted by Crippen LogP contribution is 2.20. The van der Waals surface area contributed by atoms with E-state index >= 15 is 0 Å². The highest BCUT2D eigenvalue weighted by Gasteiger charge is 2.14. The van der Waals surface area contributed by atoms with E-state index in [2.05, 4.69) is 15.4 Å². The number of ether oxygens (including phenoxy) is 1. The molecule has 0 unspecified atom stereocenters. The molecule has 0 atom stereocenters. The minimum Gasteiger partial charge on any atom is -0.497 e. The van der Waals surface area contributed by atoms with Crippen molar-refractivity contribution in [1.29, 1.82) is 0 Å². The van der Waals surface area contributed by atoms with Crippen LogP contribution in [0.15, 0.2) is 36.4 Å². The number of carboxylic acids is 1. The van der Waals surface area contributed by atoms with Gasteiger partial charge in [0.05, 0.1) is 12.8 Å². The second kappa shape index (κ2) is 5.84. The summed E-state index contributed by atoms with van der Waals surface area (Å²) < 4.78 is 6.33. The van der Waals surface area contributed by atoms with E-state index in [1.807, 2.05) is 24.3 Å². The van der Waals surface area contributed by atoms with Crippen molar-refractivity contribution >= 4 is 23.3 Å². The van der Waals surface area contributed by atoms with Gasteiger partial charge in [-0.15, -0.1) is 5.10 Å². The van der Waals surface area contributed by atoms with Crippen molar-refractivity contribution in [2.45, 2.75) is 6.54 Å². The summed E-state index contributed by atoms with van der Waals surface area (Å²) in [6, 6.07) is 10.7. The lowest BCUT2D eigenvalue weighted by molar-refractivity contribution is 0.0687. The van der Waals surface area contributed by atoms with Crippen LogP contribution in [0.2, 0.25) is 0 Å². The number of anilines is 2. The van der Waals surface area contributed by atoms with Crippen molar-refractivity contribution in [3.8, 4) is 5.75 Å². The largest absolute Gasteiger partial charge is 0.497 e. The number of fused-ring (bicyclic) bond motifs is 1. The fraction of sp³-hybridized carbons (Fsp3) is 0.133. The van der Waals surface area contributed by atoms with Crippen LogP contribution in [0.3, 0.4) is 0 Å². The van der Waals surface area contributed by atoms with Crippen LogP contribution in [0.4, 0.5) is 11.6 Å². The number of rotatable bonds is 5. The first-order valence-corrected chi connectivity index (χ1v) is 6.84. The molecular weight excluding hydrogens is 298 g/mol. The predicted octanol–water partition coefficient (Wildman–Crippen LogP) is 1.63. The maximum absolute atomic E-state index is 11.2. The highest BCUT2D eigenvalue weighted by molar-refractivity contribution is 5.88. The Morgan fingerprint density at radius 1 is 1.30 bits per heavy atom. The summed E-state index contributed by atoms with van der Waals surface area (Å²) in [6.45, 7) is 0.541. The van der Waals surface area contributed by atoms with Gasteiger partial charge in [-0.05, 0) is 29.8 Å². The molecule has 0 aliphatic heterocycles. The molecule has 118 valence electrons. The first-order valence-electron chi connectivity index (χ1n) is 6.84. The van der Waals surface area contributed by atoms with Gasteiger partial charge in [0.1, 0.15) is 5.75 Å². The third-order valence-electron chi connectivity index (χ3n) is 3.36.